The first kappa shape index (κ1) is 21.5. The van der Waals surface area contributed by atoms with E-state index in [1.165, 1.54) is 34.6 Å². The molecule has 0 spiro atoms. The highest BCUT2D eigenvalue weighted by atomic mass is 35.5. The monoisotopic (exact) mass is 457 g/mol. The Kier molecular flexibility index (Phi) is 6.42. The van der Waals surface area contributed by atoms with E-state index in [2.05, 4.69) is 5.32 Å². The summed E-state index contributed by atoms with van der Waals surface area (Å²) < 4.78 is 27.3. The van der Waals surface area contributed by atoms with Crippen molar-refractivity contribution in [1.29, 1.82) is 0 Å². The van der Waals surface area contributed by atoms with E-state index in [1.807, 2.05) is 0 Å². The van der Waals surface area contributed by atoms with Gasteiger partial charge in [-0.1, -0.05) is 29.6 Å². The van der Waals surface area contributed by atoms with Gasteiger partial charge in [0.1, 0.15) is 4.90 Å². The van der Waals surface area contributed by atoms with E-state index in [0.29, 0.717) is 18.8 Å². The molecule has 11 heteroatoms. The Bertz CT molecular complexity index is 1050. The lowest BCUT2D eigenvalue weighted by molar-refractivity contribution is -0.384. The molecule has 1 heterocycles. The van der Waals surface area contributed by atoms with E-state index in [9.17, 15) is 23.3 Å². The molecule has 1 amide bonds. The molecule has 1 aliphatic heterocycles. The molecule has 1 N–H and O–H groups in total. The lowest BCUT2D eigenvalue weighted by Crippen LogP contribution is -2.35. The number of carbonyl (C=O) groups excluding carboxylic acids is 1. The number of nitrogens with one attached hydrogen (secondary N) is 1. The fourth-order valence-corrected chi connectivity index (χ4v) is 5.36. The molecule has 154 valence electrons. The molecule has 0 bridgehead atoms. The number of hydrogen-bond donors (Lipinski definition) is 1. The molecule has 0 aromatic heterocycles. The number of carbonyl (C=O) groups is 1. The SMILES string of the molecule is O=C(Nc1ccc([N+](=O)[O-])cc1)c1cc(S(=O)(=O)N2CCCCC2)c(Cl)cc1Cl. The number of benzene rings is 2. The third kappa shape index (κ3) is 4.69. The van der Waals surface area contributed by atoms with Gasteiger partial charge in [-0.3, -0.25) is 14.9 Å². The summed E-state index contributed by atoms with van der Waals surface area (Å²) in [5.74, 6) is -0.657. The number of nitro benzene ring substituents is 1. The molecule has 2 aromatic carbocycles. The van der Waals surface area contributed by atoms with Gasteiger partial charge in [0.2, 0.25) is 10.0 Å². The molecule has 0 aliphatic carbocycles. The summed E-state index contributed by atoms with van der Waals surface area (Å²) in [6.45, 7) is 0.789. The third-order valence-electron chi connectivity index (χ3n) is 4.54. The quantitative estimate of drug-likeness (QED) is 0.530. The van der Waals surface area contributed by atoms with Crippen LogP contribution in [0.2, 0.25) is 10.0 Å². The van der Waals surface area contributed by atoms with Gasteiger partial charge in [0.15, 0.2) is 0 Å². The van der Waals surface area contributed by atoms with Gasteiger partial charge in [0, 0.05) is 30.9 Å². The summed E-state index contributed by atoms with van der Waals surface area (Å²) >= 11 is 12.3. The first-order valence-electron chi connectivity index (χ1n) is 8.75. The summed E-state index contributed by atoms with van der Waals surface area (Å²) in [4.78, 5) is 22.6. The molecule has 0 atom stereocenters. The fraction of sp³-hybridized carbons (Fsp3) is 0.278. The summed E-state index contributed by atoms with van der Waals surface area (Å²) in [5, 5.41) is 13.2. The zero-order valence-electron chi connectivity index (χ0n) is 15.1. The number of non-ortho nitro benzene ring substituents is 1. The Balaban J connectivity index is 1.90. The van der Waals surface area contributed by atoms with E-state index in [4.69, 9.17) is 23.2 Å². The molecule has 2 aromatic rings. The molecule has 0 unspecified atom stereocenters. The number of nitro groups is 1. The minimum atomic E-state index is -3.87. The number of piperidine rings is 1. The van der Waals surface area contributed by atoms with Crippen molar-refractivity contribution in [3.63, 3.8) is 0 Å². The second kappa shape index (κ2) is 8.66. The van der Waals surface area contributed by atoms with E-state index in [0.717, 1.165) is 25.3 Å². The number of sulfonamides is 1. The minimum absolute atomic E-state index is 0.00740. The van der Waals surface area contributed by atoms with Gasteiger partial charge in [0.05, 0.1) is 20.5 Å². The zero-order chi connectivity index (χ0) is 21.2. The molecule has 1 aliphatic rings. The van der Waals surface area contributed by atoms with Crippen LogP contribution in [0.3, 0.4) is 0 Å². The van der Waals surface area contributed by atoms with Gasteiger partial charge in [-0.2, -0.15) is 4.31 Å². The van der Waals surface area contributed by atoms with Crippen LogP contribution in [0, 0.1) is 10.1 Å². The van der Waals surface area contributed by atoms with Crippen molar-refractivity contribution in [2.24, 2.45) is 0 Å². The standard InChI is InChI=1S/C18H17Cl2N3O5S/c19-15-11-16(20)17(29(27,28)22-8-2-1-3-9-22)10-14(15)18(24)21-12-4-6-13(7-5-12)23(25)26/h4-7,10-11H,1-3,8-9H2,(H,21,24). The Morgan fingerprint density at radius 3 is 2.24 bits per heavy atom. The lowest BCUT2D eigenvalue weighted by Gasteiger charge is -2.26. The lowest BCUT2D eigenvalue weighted by atomic mass is 10.2. The van der Waals surface area contributed by atoms with Gasteiger partial charge < -0.3 is 5.32 Å². The Morgan fingerprint density at radius 2 is 1.66 bits per heavy atom. The number of halogens is 2. The summed E-state index contributed by atoms with van der Waals surface area (Å²) in [6, 6.07) is 7.60. The van der Waals surface area contributed by atoms with Crippen molar-refractivity contribution in [2.75, 3.05) is 18.4 Å². The van der Waals surface area contributed by atoms with Crippen molar-refractivity contribution in [3.05, 3.63) is 62.1 Å². The summed E-state index contributed by atoms with van der Waals surface area (Å²) in [5.41, 5.74) is 0.111. The molecule has 29 heavy (non-hydrogen) atoms. The van der Waals surface area contributed by atoms with Crippen LogP contribution in [-0.2, 0) is 10.0 Å². The van der Waals surface area contributed by atoms with Gasteiger partial charge in [0.25, 0.3) is 11.6 Å². The van der Waals surface area contributed by atoms with Crippen molar-refractivity contribution in [1.82, 2.24) is 4.31 Å². The Morgan fingerprint density at radius 1 is 1.03 bits per heavy atom. The number of hydrogen-bond acceptors (Lipinski definition) is 5. The molecule has 1 saturated heterocycles. The van der Waals surface area contributed by atoms with E-state index < -0.39 is 20.9 Å². The van der Waals surface area contributed by atoms with Gasteiger partial charge in [-0.25, -0.2) is 8.42 Å². The molecular formula is C18H17Cl2N3O5S. The highest BCUT2D eigenvalue weighted by Crippen LogP contribution is 2.32. The molecule has 3 rings (SSSR count). The number of anilines is 1. The van der Waals surface area contributed by atoms with E-state index in [1.54, 1.807) is 0 Å². The predicted molar refractivity (Wildman–Crippen MR) is 110 cm³/mol. The maximum Gasteiger partial charge on any atom is 0.269 e. The first-order valence-corrected chi connectivity index (χ1v) is 10.9. The van der Waals surface area contributed by atoms with Crippen LogP contribution in [0.1, 0.15) is 29.6 Å². The van der Waals surface area contributed by atoms with Crippen LogP contribution in [0.5, 0.6) is 0 Å². The highest BCUT2D eigenvalue weighted by Gasteiger charge is 2.29. The van der Waals surface area contributed by atoms with Crippen LogP contribution in [-0.4, -0.2) is 36.6 Å². The number of amides is 1. The molecule has 8 nitrogen and oxygen atoms in total. The van der Waals surface area contributed by atoms with Crippen LogP contribution in [0.15, 0.2) is 41.3 Å². The van der Waals surface area contributed by atoms with Gasteiger partial charge >= 0.3 is 0 Å². The molecule has 0 saturated carbocycles. The molecule has 0 radical (unpaired) electrons. The van der Waals surface area contributed by atoms with Crippen LogP contribution >= 0.6 is 23.2 Å². The zero-order valence-corrected chi connectivity index (χ0v) is 17.4. The fourth-order valence-electron chi connectivity index (χ4n) is 3.01. The van der Waals surface area contributed by atoms with Gasteiger partial charge in [-0.05, 0) is 37.1 Å². The van der Waals surface area contributed by atoms with Crippen molar-refractivity contribution in [3.8, 4) is 0 Å². The topological polar surface area (TPSA) is 110 Å². The van der Waals surface area contributed by atoms with Crippen molar-refractivity contribution < 1.29 is 18.1 Å². The van der Waals surface area contributed by atoms with Crippen LogP contribution in [0.25, 0.3) is 0 Å². The van der Waals surface area contributed by atoms with Crippen LogP contribution in [0.4, 0.5) is 11.4 Å². The van der Waals surface area contributed by atoms with Crippen molar-refractivity contribution in [2.45, 2.75) is 24.2 Å². The summed E-state index contributed by atoms with van der Waals surface area (Å²) in [6.07, 6.45) is 2.49. The average Bonchev–Trinajstić information content (AvgIpc) is 2.68. The average molecular weight is 458 g/mol. The normalized spacial score (nSPS) is 15.1. The predicted octanol–water partition coefficient (Wildman–Crippen LogP) is 4.33. The van der Waals surface area contributed by atoms with E-state index in [-0.39, 0.29) is 26.2 Å². The maximum absolute atomic E-state index is 13.0. The minimum Gasteiger partial charge on any atom is -0.322 e. The second-order valence-electron chi connectivity index (χ2n) is 6.49. The summed E-state index contributed by atoms with van der Waals surface area (Å²) in [7, 11) is -3.87. The van der Waals surface area contributed by atoms with E-state index >= 15 is 0 Å². The van der Waals surface area contributed by atoms with Crippen molar-refractivity contribution >= 4 is 50.5 Å². The smallest absolute Gasteiger partial charge is 0.269 e. The Hall–Kier alpha value is -2.20. The molecule has 1 fully saturated rings. The van der Waals surface area contributed by atoms with Gasteiger partial charge in [-0.15, -0.1) is 0 Å². The number of rotatable bonds is 5. The second-order valence-corrected chi connectivity index (χ2v) is 9.21. The first-order chi connectivity index (χ1) is 13.7. The highest BCUT2D eigenvalue weighted by molar-refractivity contribution is 7.89. The maximum atomic E-state index is 13.0. The Labute approximate surface area is 177 Å². The largest absolute Gasteiger partial charge is 0.322 e. The molecular weight excluding hydrogens is 441 g/mol. The number of nitrogens with zero attached hydrogens (tertiary/aromatic N) is 2. The third-order valence-corrected chi connectivity index (χ3v) is 7.21. The van der Waals surface area contributed by atoms with Crippen LogP contribution < -0.4 is 5.32 Å².